The predicted molar refractivity (Wildman–Crippen MR) is 75.7 cm³/mol. The van der Waals surface area contributed by atoms with Gasteiger partial charge in [-0.2, -0.15) is 0 Å². The Labute approximate surface area is 114 Å². The first-order valence-electron chi connectivity index (χ1n) is 7.79. The van der Waals surface area contributed by atoms with Gasteiger partial charge in [0.1, 0.15) is 5.78 Å². The summed E-state index contributed by atoms with van der Waals surface area (Å²) in [6, 6.07) is 0. The van der Waals surface area contributed by atoms with Crippen molar-refractivity contribution in [3.05, 3.63) is 0 Å². The van der Waals surface area contributed by atoms with Crippen LogP contribution in [-0.4, -0.2) is 16.3 Å². The van der Waals surface area contributed by atoms with Crippen LogP contribution < -0.4 is 0 Å². The van der Waals surface area contributed by atoms with Gasteiger partial charge in [0.15, 0.2) is 0 Å². The van der Waals surface area contributed by atoms with Crippen molar-refractivity contribution in [3.8, 4) is 0 Å². The Balaban J connectivity index is 1.76. The molecular weight excluding hydrogens is 240 g/mol. The van der Waals surface area contributed by atoms with E-state index in [9.17, 15) is 4.79 Å². The van der Waals surface area contributed by atoms with Crippen molar-refractivity contribution in [2.24, 2.45) is 23.2 Å². The van der Waals surface area contributed by atoms with Crippen LogP contribution in [0.5, 0.6) is 0 Å². The van der Waals surface area contributed by atoms with Crippen molar-refractivity contribution < 1.29 is 4.79 Å². The standard InChI is InChI=1S/C16H24OS/c1-11(17)16(3-2-4-18-16)15-8-12-5-13(9-15)7-14(6-12)10-15/h12-14H,2-10H2,1H3. The number of hydrogen-bond acceptors (Lipinski definition) is 2. The van der Waals surface area contributed by atoms with Gasteiger partial charge in [0.2, 0.25) is 0 Å². The fourth-order valence-electron chi connectivity index (χ4n) is 6.31. The molecule has 4 aliphatic carbocycles. The Hall–Kier alpha value is 0.0200. The van der Waals surface area contributed by atoms with E-state index in [1.165, 1.54) is 57.1 Å². The highest BCUT2D eigenvalue weighted by molar-refractivity contribution is 8.01. The molecule has 1 atom stereocenters. The SMILES string of the molecule is CC(=O)C1(C23CC4CC(CC(C4)C2)C3)CCCS1. The minimum atomic E-state index is 0.0308. The maximum atomic E-state index is 12.5. The van der Waals surface area contributed by atoms with E-state index in [0.29, 0.717) is 11.2 Å². The first-order chi connectivity index (χ1) is 8.64. The molecule has 1 saturated heterocycles. The summed E-state index contributed by atoms with van der Waals surface area (Å²) in [5.74, 6) is 4.63. The average Bonchev–Trinajstić information content (AvgIpc) is 2.77. The molecule has 0 aromatic heterocycles. The maximum absolute atomic E-state index is 12.5. The zero-order chi connectivity index (χ0) is 12.4. The number of rotatable bonds is 2. The van der Waals surface area contributed by atoms with E-state index in [1.54, 1.807) is 0 Å². The molecule has 0 spiro atoms. The normalized spacial score (nSPS) is 53.9. The smallest absolute Gasteiger partial charge is 0.146 e. The van der Waals surface area contributed by atoms with Gasteiger partial charge >= 0.3 is 0 Å². The molecule has 18 heavy (non-hydrogen) atoms. The van der Waals surface area contributed by atoms with Gasteiger partial charge in [-0.3, -0.25) is 4.79 Å². The number of thioether (sulfide) groups is 1. The second-order valence-corrected chi connectivity index (χ2v) is 8.93. The summed E-state index contributed by atoms with van der Waals surface area (Å²) < 4.78 is 0.0308. The largest absolute Gasteiger partial charge is 0.298 e. The predicted octanol–water partition coefficient (Wildman–Crippen LogP) is 4.06. The number of Topliss-reactive ketones (excluding diaryl/α,β-unsaturated/α-hetero) is 1. The lowest BCUT2D eigenvalue weighted by Crippen LogP contribution is -2.58. The molecule has 1 nitrogen and oxygen atoms in total. The summed E-state index contributed by atoms with van der Waals surface area (Å²) in [5, 5.41) is 0. The molecule has 4 bridgehead atoms. The van der Waals surface area contributed by atoms with Crippen molar-refractivity contribution >= 4 is 17.5 Å². The lowest BCUT2D eigenvalue weighted by atomic mass is 9.45. The van der Waals surface area contributed by atoms with E-state index in [2.05, 4.69) is 0 Å². The minimum Gasteiger partial charge on any atom is -0.298 e. The van der Waals surface area contributed by atoms with Crippen molar-refractivity contribution in [2.45, 2.75) is 63.0 Å². The van der Waals surface area contributed by atoms with Gasteiger partial charge in [-0.25, -0.2) is 0 Å². The van der Waals surface area contributed by atoms with Crippen LogP contribution >= 0.6 is 11.8 Å². The molecule has 1 aliphatic heterocycles. The number of carbonyl (C=O) groups is 1. The summed E-state index contributed by atoms with van der Waals surface area (Å²) in [5.41, 5.74) is 0.411. The van der Waals surface area contributed by atoms with E-state index in [4.69, 9.17) is 0 Å². The Morgan fingerprint density at radius 2 is 1.61 bits per heavy atom. The molecule has 5 rings (SSSR count). The van der Waals surface area contributed by atoms with Crippen LogP contribution in [0.3, 0.4) is 0 Å². The molecule has 5 aliphatic rings. The van der Waals surface area contributed by atoms with E-state index in [-0.39, 0.29) is 4.75 Å². The topological polar surface area (TPSA) is 17.1 Å². The molecule has 4 saturated carbocycles. The number of carbonyl (C=O) groups excluding carboxylic acids is 1. The van der Waals surface area contributed by atoms with Gasteiger partial charge < -0.3 is 0 Å². The van der Waals surface area contributed by atoms with Crippen LogP contribution in [-0.2, 0) is 4.79 Å². The lowest BCUT2D eigenvalue weighted by Gasteiger charge is -2.62. The van der Waals surface area contributed by atoms with Gasteiger partial charge in [-0.05, 0) is 87.2 Å². The molecule has 100 valence electrons. The van der Waals surface area contributed by atoms with Crippen LogP contribution in [0.25, 0.3) is 0 Å². The number of hydrogen-bond donors (Lipinski definition) is 0. The average molecular weight is 264 g/mol. The third-order valence-electron chi connectivity index (χ3n) is 6.49. The molecule has 0 radical (unpaired) electrons. The summed E-state index contributed by atoms with van der Waals surface area (Å²) in [6.07, 6.45) is 11.0. The zero-order valence-electron chi connectivity index (χ0n) is 11.4. The Morgan fingerprint density at radius 1 is 1.06 bits per heavy atom. The van der Waals surface area contributed by atoms with E-state index in [0.717, 1.165) is 17.8 Å². The Bertz CT molecular complexity index is 345. The highest BCUT2D eigenvalue weighted by Gasteiger charge is 2.63. The molecular formula is C16H24OS. The third kappa shape index (κ3) is 1.39. The molecule has 0 amide bonds. The molecule has 2 heteroatoms. The zero-order valence-corrected chi connectivity index (χ0v) is 12.2. The van der Waals surface area contributed by atoms with Crippen molar-refractivity contribution in [1.82, 2.24) is 0 Å². The first-order valence-corrected chi connectivity index (χ1v) is 8.77. The van der Waals surface area contributed by atoms with Gasteiger partial charge in [0.05, 0.1) is 4.75 Å². The second-order valence-electron chi connectivity index (χ2n) is 7.53. The summed E-state index contributed by atoms with van der Waals surface area (Å²) >= 11 is 2.04. The lowest BCUT2D eigenvalue weighted by molar-refractivity contribution is -0.132. The minimum absolute atomic E-state index is 0.0308. The maximum Gasteiger partial charge on any atom is 0.146 e. The van der Waals surface area contributed by atoms with Crippen LogP contribution in [0.4, 0.5) is 0 Å². The fourth-order valence-corrected chi connectivity index (χ4v) is 8.00. The van der Waals surface area contributed by atoms with Crippen molar-refractivity contribution in [1.29, 1.82) is 0 Å². The van der Waals surface area contributed by atoms with Crippen LogP contribution in [0.1, 0.15) is 58.3 Å². The first kappa shape index (κ1) is 11.8. The Kier molecular flexibility index (Phi) is 2.48. The Morgan fingerprint density at radius 3 is 2.00 bits per heavy atom. The van der Waals surface area contributed by atoms with Crippen LogP contribution in [0, 0.1) is 23.2 Å². The fraction of sp³-hybridized carbons (Fsp3) is 0.938. The monoisotopic (exact) mass is 264 g/mol. The summed E-state index contributed by atoms with van der Waals surface area (Å²) in [7, 11) is 0. The quantitative estimate of drug-likeness (QED) is 0.748. The molecule has 0 aromatic carbocycles. The highest BCUT2D eigenvalue weighted by Crippen LogP contribution is 2.68. The van der Waals surface area contributed by atoms with Gasteiger partial charge in [0, 0.05) is 0 Å². The molecule has 1 heterocycles. The van der Waals surface area contributed by atoms with Gasteiger partial charge in [0.25, 0.3) is 0 Å². The van der Waals surface area contributed by atoms with Gasteiger partial charge in [-0.1, -0.05) is 0 Å². The highest BCUT2D eigenvalue weighted by atomic mass is 32.2. The third-order valence-corrected chi connectivity index (χ3v) is 8.40. The second kappa shape index (κ2) is 3.77. The summed E-state index contributed by atoms with van der Waals surface area (Å²) in [4.78, 5) is 12.5. The van der Waals surface area contributed by atoms with Crippen molar-refractivity contribution in [3.63, 3.8) is 0 Å². The van der Waals surface area contributed by atoms with E-state index >= 15 is 0 Å². The van der Waals surface area contributed by atoms with Crippen LogP contribution in [0.15, 0.2) is 0 Å². The summed E-state index contributed by atoms with van der Waals surface area (Å²) in [6.45, 7) is 1.89. The van der Waals surface area contributed by atoms with Gasteiger partial charge in [-0.15, -0.1) is 11.8 Å². The van der Waals surface area contributed by atoms with Crippen LogP contribution in [0.2, 0.25) is 0 Å². The molecule has 5 fully saturated rings. The number of ketones is 1. The van der Waals surface area contributed by atoms with Crippen molar-refractivity contribution in [2.75, 3.05) is 5.75 Å². The molecule has 0 aromatic rings. The van der Waals surface area contributed by atoms with E-state index in [1.807, 2.05) is 18.7 Å². The molecule has 1 unspecified atom stereocenters. The molecule has 0 N–H and O–H groups in total. The van der Waals surface area contributed by atoms with E-state index < -0.39 is 0 Å².